The van der Waals surface area contributed by atoms with E-state index in [0.717, 1.165) is 44.6 Å². The summed E-state index contributed by atoms with van der Waals surface area (Å²) < 4.78 is 0. The molecular formula is C48H30N4. The Morgan fingerprint density at radius 1 is 0.231 bits per heavy atom. The maximum Gasteiger partial charge on any atom is 0.164 e. The Morgan fingerprint density at radius 3 is 1.12 bits per heavy atom. The molecule has 242 valence electrons. The van der Waals surface area contributed by atoms with Crippen molar-refractivity contribution in [3.63, 3.8) is 0 Å². The van der Waals surface area contributed by atoms with E-state index in [0.29, 0.717) is 17.5 Å². The zero-order valence-corrected chi connectivity index (χ0v) is 28.1. The molecule has 0 saturated carbocycles. The van der Waals surface area contributed by atoms with Crippen LogP contribution in [0.25, 0.3) is 99.8 Å². The number of para-hydroxylation sites is 1. The second-order valence-corrected chi connectivity index (χ2v) is 13.0. The lowest BCUT2D eigenvalue weighted by atomic mass is 9.89. The van der Waals surface area contributed by atoms with Gasteiger partial charge in [-0.2, -0.15) is 0 Å². The van der Waals surface area contributed by atoms with Crippen LogP contribution in [0.2, 0.25) is 0 Å². The number of hydrogen-bond donors (Lipinski definition) is 0. The summed E-state index contributed by atoms with van der Waals surface area (Å²) in [6, 6.07) is 63.4. The molecule has 0 bridgehead atoms. The largest absolute Gasteiger partial charge is 0.247 e. The average Bonchev–Trinajstić information content (AvgIpc) is 3.24. The van der Waals surface area contributed by atoms with Gasteiger partial charge in [-0.15, -0.1) is 0 Å². The quantitative estimate of drug-likeness (QED) is 0.172. The van der Waals surface area contributed by atoms with E-state index >= 15 is 0 Å². The Hall–Kier alpha value is -7.04. The van der Waals surface area contributed by atoms with Gasteiger partial charge in [0.25, 0.3) is 0 Å². The maximum absolute atomic E-state index is 5.32. The van der Waals surface area contributed by atoms with E-state index in [1.807, 2.05) is 60.7 Å². The summed E-state index contributed by atoms with van der Waals surface area (Å²) in [5.41, 5.74) is 8.16. The molecule has 0 atom stereocenters. The van der Waals surface area contributed by atoms with Crippen molar-refractivity contribution in [2.75, 3.05) is 0 Å². The molecule has 2 heterocycles. The van der Waals surface area contributed by atoms with E-state index in [2.05, 4.69) is 121 Å². The van der Waals surface area contributed by atoms with Gasteiger partial charge in [-0.05, 0) is 38.7 Å². The first kappa shape index (κ1) is 29.8. The molecule has 0 spiro atoms. The fourth-order valence-corrected chi connectivity index (χ4v) is 7.40. The Bertz CT molecular complexity index is 2860. The van der Waals surface area contributed by atoms with Gasteiger partial charge < -0.3 is 0 Å². The maximum atomic E-state index is 5.32. The van der Waals surface area contributed by atoms with Crippen LogP contribution in [0.1, 0.15) is 0 Å². The highest BCUT2D eigenvalue weighted by atomic mass is 15.0. The first-order valence-electron chi connectivity index (χ1n) is 17.5. The molecule has 10 rings (SSSR count). The van der Waals surface area contributed by atoms with Gasteiger partial charge in [0, 0.05) is 38.4 Å². The van der Waals surface area contributed by atoms with Crippen LogP contribution in [0.5, 0.6) is 0 Å². The van der Waals surface area contributed by atoms with Crippen molar-refractivity contribution < 1.29 is 0 Å². The predicted octanol–water partition coefficient (Wildman–Crippen LogP) is 12.2. The number of benzene rings is 8. The van der Waals surface area contributed by atoms with Crippen LogP contribution in [0, 0.1) is 0 Å². The number of pyridine rings is 1. The van der Waals surface area contributed by atoms with Crippen molar-refractivity contribution in [2.45, 2.75) is 0 Å². The van der Waals surface area contributed by atoms with E-state index in [4.69, 9.17) is 19.9 Å². The van der Waals surface area contributed by atoms with Crippen molar-refractivity contribution in [1.29, 1.82) is 0 Å². The van der Waals surface area contributed by atoms with Crippen molar-refractivity contribution >= 4 is 43.2 Å². The van der Waals surface area contributed by atoms with Crippen LogP contribution in [0.4, 0.5) is 0 Å². The highest BCUT2D eigenvalue weighted by Crippen LogP contribution is 2.43. The van der Waals surface area contributed by atoms with Crippen molar-refractivity contribution in [3.05, 3.63) is 182 Å². The molecule has 4 nitrogen and oxygen atoms in total. The molecule has 4 heteroatoms. The summed E-state index contributed by atoms with van der Waals surface area (Å²) in [6.45, 7) is 0. The van der Waals surface area contributed by atoms with E-state index in [9.17, 15) is 0 Å². The minimum Gasteiger partial charge on any atom is -0.247 e. The number of hydrogen-bond acceptors (Lipinski definition) is 4. The lowest BCUT2D eigenvalue weighted by Gasteiger charge is -2.16. The summed E-state index contributed by atoms with van der Waals surface area (Å²) in [4.78, 5) is 20.0. The van der Waals surface area contributed by atoms with Crippen LogP contribution >= 0.6 is 0 Å². The van der Waals surface area contributed by atoms with Gasteiger partial charge in [0.1, 0.15) is 0 Å². The molecule has 0 aliphatic carbocycles. The van der Waals surface area contributed by atoms with E-state index in [1.54, 1.807) is 0 Å². The predicted molar refractivity (Wildman–Crippen MR) is 215 cm³/mol. The highest BCUT2D eigenvalue weighted by molar-refractivity contribution is 6.33. The molecule has 2 aromatic heterocycles. The SMILES string of the molecule is c1ccc(-c2nc(-c3ccccc3)nc(-c3ccc(-c4ccc(-c5nc6ccccc6c6c7ccccc7c7ccccc7c56)cc4)cc3)n2)cc1. The van der Waals surface area contributed by atoms with Gasteiger partial charge >= 0.3 is 0 Å². The van der Waals surface area contributed by atoms with E-state index in [-0.39, 0.29) is 0 Å². The molecule has 0 fully saturated rings. The Labute approximate surface area is 300 Å². The Morgan fingerprint density at radius 2 is 0.596 bits per heavy atom. The number of aromatic nitrogens is 4. The second kappa shape index (κ2) is 12.4. The van der Waals surface area contributed by atoms with Gasteiger partial charge in [0.05, 0.1) is 11.2 Å². The van der Waals surface area contributed by atoms with Gasteiger partial charge in [0.2, 0.25) is 0 Å². The van der Waals surface area contributed by atoms with Crippen LogP contribution in [-0.2, 0) is 0 Å². The van der Waals surface area contributed by atoms with Gasteiger partial charge in [-0.1, -0.05) is 176 Å². The number of nitrogens with zero attached hydrogens (tertiary/aromatic N) is 4. The smallest absolute Gasteiger partial charge is 0.164 e. The summed E-state index contributed by atoms with van der Waals surface area (Å²) in [5.74, 6) is 1.95. The molecule has 0 amide bonds. The monoisotopic (exact) mass is 662 g/mol. The number of rotatable bonds is 5. The molecule has 0 aliphatic rings. The molecule has 10 aromatic rings. The summed E-state index contributed by atoms with van der Waals surface area (Å²) in [7, 11) is 0. The van der Waals surface area contributed by atoms with Crippen LogP contribution in [-0.4, -0.2) is 19.9 Å². The van der Waals surface area contributed by atoms with Gasteiger partial charge in [0.15, 0.2) is 17.5 Å². The normalized spacial score (nSPS) is 11.5. The molecule has 52 heavy (non-hydrogen) atoms. The van der Waals surface area contributed by atoms with Crippen LogP contribution in [0.15, 0.2) is 182 Å². The average molecular weight is 663 g/mol. The highest BCUT2D eigenvalue weighted by Gasteiger charge is 2.18. The lowest BCUT2D eigenvalue weighted by molar-refractivity contribution is 1.07. The minimum absolute atomic E-state index is 0.642. The van der Waals surface area contributed by atoms with Crippen LogP contribution in [0.3, 0.4) is 0 Å². The van der Waals surface area contributed by atoms with Crippen molar-refractivity contribution in [2.24, 2.45) is 0 Å². The Balaban J connectivity index is 1.06. The third-order valence-corrected chi connectivity index (χ3v) is 9.91. The molecule has 0 unspecified atom stereocenters. The van der Waals surface area contributed by atoms with Gasteiger partial charge in [-0.25, -0.2) is 19.9 Å². The van der Waals surface area contributed by atoms with E-state index in [1.165, 1.54) is 37.7 Å². The molecule has 0 aliphatic heterocycles. The summed E-state index contributed by atoms with van der Waals surface area (Å²) in [5, 5.41) is 8.57. The molecule has 0 saturated heterocycles. The molecule has 0 radical (unpaired) electrons. The fourth-order valence-electron chi connectivity index (χ4n) is 7.40. The van der Waals surface area contributed by atoms with Crippen molar-refractivity contribution in [1.82, 2.24) is 19.9 Å². The minimum atomic E-state index is 0.642. The molecule has 0 N–H and O–H groups in total. The first-order valence-corrected chi connectivity index (χ1v) is 17.5. The molecule has 8 aromatic carbocycles. The first-order chi connectivity index (χ1) is 25.8. The zero-order valence-electron chi connectivity index (χ0n) is 28.1. The van der Waals surface area contributed by atoms with E-state index < -0.39 is 0 Å². The third-order valence-electron chi connectivity index (χ3n) is 9.91. The number of fused-ring (bicyclic) bond motifs is 8. The molecular weight excluding hydrogens is 633 g/mol. The topological polar surface area (TPSA) is 51.6 Å². The standard InChI is InChI=1S/C48H30N4/c1-3-13-34(14-4-1)46-50-47(35-15-5-2-6-16-35)52-48(51-46)36-29-25-32(26-30-36)31-23-27-33(28-24-31)45-44-40-20-10-8-18-38(40)37-17-7-9-19-39(37)43(44)41-21-11-12-22-42(41)49-45/h1-30H. The summed E-state index contributed by atoms with van der Waals surface area (Å²) in [6.07, 6.45) is 0. The third kappa shape index (κ3) is 5.09. The van der Waals surface area contributed by atoms with Crippen LogP contribution < -0.4 is 0 Å². The van der Waals surface area contributed by atoms with Crippen molar-refractivity contribution in [3.8, 4) is 56.5 Å². The zero-order chi connectivity index (χ0) is 34.4. The summed E-state index contributed by atoms with van der Waals surface area (Å²) >= 11 is 0. The second-order valence-electron chi connectivity index (χ2n) is 13.0. The lowest BCUT2D eigenvalue weighted by Crippen LogP contribution is -2.00. The van der Waals surface area contributed by atoms with Gasteiger partial charge in [-0.3, -0.25) is 0 Å². The Kier molecular flexibility index (Phi) is 7.10. The fraction of sp³-hybridized carbons (Fsp3) is 0.